The molecule has 0 radical (unpaired) electrons. The molecule has 0 aliphatic heterocycles. The second kappa shape index (κ2) is 8.66. The van der Waals surface area contributed by atoms with Crippen LogP contribution >= 0.6 is 0 Å². The van der Waals surface area contributed by atoms with Crippen molar-refractivity contribution in [1.29, 1.82) is 0 Å². The Hall–Kier alpha value is -3.86. The molecule has 0 spiro atoms. The third kappa shape index (κ3) is 4.75. The van der Waals surface area contributed by atoms with Crippen molar-refractivity contribution < 1.29 is 9.59 Å². The maximum atomic E-state index is 12.8. The van der Waals surface area contributed by atoms with Gasteiger partial charge in [0, 0.05) is 17.2 Å². The van der Waals surface area contributed by atoms with E-state index in [-0.39, 0.29) is 17.9 Å². The summed E-state index contributed by atoms with van der Waals surface area (Å²) in [7, 11) is 0. The number of benzene rings is 3. The molecule has 150 valence electrons. The van der Waals surface area contributed by atoms with Gasteiger partial charge in [0.25, 0.3) is 11.8 Å². The van der Waals surface area contributed by atoms with Gasteiger partial charge in [-0.15, -0.1) is 0 Å². The van der Waals surface area contributed by atoms with Gasteiger partial charge < -0.3 is 16.4 Å². The van der Waals surface area contributed by atoms with Gasteiger partial charge in [-0.1, -0.05) is 54.6 Å². The van der Waals surface area contributed by atoms with E-state index in [1.807, 2.05) is 60.7 Å². The number of para-hydroxylation sites is 2. The minimum Gasteiger partial charge on any atom is -0.397 e. The molecule has 0 saturated heterocycles. The molecular weight excluding hydrogens is 374 g/mol. The molecule has 30 heavy (non-hydrogen) atoms. The van der Waals surface area contributed by atoms with E-state index in [1.165, 1.54) is 0 Å². The SMILES string of the molecule is Nc1ccccc1NC(=O)c1ccc(/C=C(\C(=O)NC2CC2)c2ccccc2)cc1. The van der Waals surface area contributed by atoms with Crippen LogP contribution in [0.4, 0.5) is 11.4 Å². The van der Waals surface area contributed by atoms with Crippen LogP contribution in [-0.2, 0) is 4.79 Å². The van der Waals surface area contributed by atoms with Gasteiger partial charge in [-0.05, 0) is 54.3 Å². The highest BCUT2D eigenvalue weighted by atomic mass is 16.2. The van der Waals surface area contributed by atoms with E-state index < -0.39 is 0 Å². The summed E-state index contributed by atoms with van der Waals surface area (Å²) in [6.07, 6.45) is 3.91. The summed E-state index contributed by atoms with van der Waals surface area (Å²) in [6, 6.07) is 24.1. The molecule has 0 unspecified atom stereocenters. The number of carbonyl (C=O) groups is 2. The van der Waals surface area contributed by atoms with Gasteiger partial charge in [0.15, 0.2) is 0 Å². The number of hydrogen-bond donors (Lipinski definition) is 3. The molecule has 0 aromatic heterocycles. The number of hydrogen-bond acceptors (Lipinski definition) is 3. The highest BCUT2D eigenvalue weighted by molar-refractivity contribution is 6.24. The first-order valence-corrected chi connectivity index (χ1v) is 9.94. The van der Waals surface area contributed by atoms with E-state index in [2.05, 4.69) is 10.6 Å². The lowest BCUT2D eigenvalue weighted by molar-refractivity contribution is -0.115. The van der Waals surface area contributed by atoms with Crippen LogP contribution in [-0.4, -0.2) is 17.9 Å². The van der Waals surface area contributed by atoms with Gasteiger partial charge in [-0.2, -0.15) is 0 Å². The first-order valence-electron chi connectivity index (χ1n) is 9.94. The summed E-state index contributed by atoms with van der Waals surface area (Å²) >= 11 is 0. The molecule has 2 amide bonds. The van der Waals surface area contributed by atoms with Crippen molar-refractivity contribution in [3.8, 4) is 0 Å². The third-order valence-corrected chi connectivity index (χ3v) is 4.93. The molecule has 5 nitrogen and oxygen atoms in total. The molecule has 0 bridgehead atoms. The highest BCUT2D eigenvalue weighted by Crippen LogP contribution is 2.24. The molecular formula is C25H23N3O2. The van der Waals surface area contributed by atoms with Crippen LogP contribution in [0.15, 0.2) is 78.9 Å². The van der Waals surface area contributed by atoms with E-state index in [1.54, 1.807) is 24.3 Å². The fourth-order valence-electron chi connectivity index (χ4n) is 3.09. The van der Waals surface area contributed by atoms with Crippen molar-refractivity contribution in [3.05, 3.63) is 95.6 Å². The quantitative estimate of drug-likeness (QED) is 0.329. The van der Waals surface area contributed by atoms with E-state index in [4.69, 9.17) is 5.73 Å². The third-order valence-electron chi connectivity index (χ3n) is 4.93. The van der Waals surface area contributed by atoms with Crippen molar-refractivity contribution in [3.63, 3.8) is 0 Å². The Labute approximate surface area is 175 Å². The average molecular weight is 397 g/mol. The maximum absolute atomic E-state index is 12.8. The summed E-state index contributed by atoms with van der Waals surface area (Å²) in [5, 5.41) is 5.87. The molecule has 5 heteroatoms. The fourth-order valence-corrected chi connectivity index (χ4v) is 3.09. The Morgan fingerprint density at radius 3 is 2.17 bits per heavy atom. The second-order valence-electron chi connectivity index (χ2n) is 7.34. The molecule has 1 aliphatic carbocycles. The normalized spacial score (nSPS) is 13.5. The van der Waals surface area contributed by atoms with Crippen molar-refractivity contribution in [2.75, 3.05) is 11.1 Å². The largest absolute Gasteiger partial charge is 0.397 e. The van der Waals surface area contributed by atoms with Crippen molar-refractivity contribution >= 4 is 34.8 Å². The van der Waals surface area contributed by atoms with E-state index >= 15 is 0 Å². The lowest BCUT2D eigenvalue weighted by Crippen LogP contribution is -2.26. The zero-order valence-corrected chi connectivity index (χ0v) is 16.5. The Morgan fingerprint density at radius 1 is 0.833 bits per heavy atom. The molecule has 3 aromatic carbocycles. The summed E-state index contributed by atoms with van der Waals surface area (Å²) in [6.45, 7) is 0. The van der Waals surface area contributed by atoms with Crippen molar-refractivity contribution in [1.82, 2.24) is 5.32 Å². The topological polar surface area (TPSA) is 84.2 Å². The predicted octanol–water partition coefficient (Wildman–Crippen LogP) is 4.34. The van der Waals surface area contributed by atoms with Crippen molar-refractivity contribution in [2.45, 2.75) is 18.9 Å². The summed E-state index contributed by atoms with van der Waals surface area (Å²) < 4.78 is 0. The van der Waals surface area contributed by atoms with Gasteiger partial charge in [-0.25, -0.2) is 0 Å². The van der Waals surface area contributed by atoms with E-state index in [9.17, 15) is 9.59 Å². The van der Waals surface area contributed by atoms with Crippen LogP contribution < -0.4 is 16.4 Å². The summed E-state index contributed by atoms with van der Waals surface area (Å²) in [5.41, 5.74) is 9.80. The number of nitrogens with two attached hydrogens (primary N) is 1. The minimum atomic E-state index is -0.238. The van der Waals surface area contributed by atoms with Crippen LogP contribution in [0.25, 0.3) is 11.6 Å². The number of carbonyl (C=O) groups excluding carboxylic acids is 2. The standard InChI is InChI=1S/C25H23N3O2/c26-22-8-4-5-9-23(22)28-24(29)19-12-10-17(11-13-19)16-21(18-6-2-1-3-7-18)25(30)27-20-14-15-20/h1-13,16,20H,14-15,26H2,(H,27,30)(H,28,29)/b21-16-. The van der Waals surface area contributed by atoms with E-state index in [0.717, 1.165) is 24.0 Å². The zero-order chi connectivity index (χ0) is 20.9. The Balaban J connectivity index is 1.55. The van der Waals surface area contributed by atoms with Gasteiger partial charge in [0.05, 0.1) is 11.4 Å². The summed E-state index contributed by atoms with van der Waals surface area (Å²) in [4.78, 5) is 25.3. The van der Waals surface area contributed by atoms with Crippen LogP contribution in [0.2, 0.25) is 0 Å². The molecule has 1 saturated carbocycles. The number of anilines is 2. The van der Waals surface area contributed by atoms with Gasteiger partial charge in [0.2, 0.25) is 0 Å². The van der Waals surface area contributed by atoms with Gasteiger partial charge in [-0.3, -0.25) is 9.59 Å². The highest BCUT2D eigenvalue weighted by Gasteiger charge is 2.25. The monoisotopic (exact) mass is 397 g/mol. The average Bonchev–Trinajstić information content (AvgIpc) is 3.58. The molecule has 3 aromatic rings. The van der Waals surface area contributed by atoms with E-state index in [0.29, 0.717) is 22.5 Å². The maximum Gasteiger partial charge on any atom is 0.255 e. The van der Waals surface area contributed by atoms with Crippen LogP contribution in [0.5, 0.6) is 0 Å². The molecule has 4 rings (SSSR count). The zero-order valence-electron chi connectivity index (χ0n) is 16.5. The Bertz CT molecular complexity index is 1080. The lowest BCUT2D eigenvalue weighted by Gasteiger charge is -2.10. The molecule has 1 aliphatic rings. The lowest BCUT2D eigenvalue weighted by atomic mass is 10.0. The minimum absolute atomic E-state index is 0.0786. The molecule has 4 N–H and O–H groups in total. The molecule has 1 fully saturated rings. The first-order chi connectivity index (χ1) is 14.6. The number of nitrogens with one attached hydrogen (secondary N) is 2. The Kier molecular flexibility index (Phi) is 5.61. The first kappa shape index (κ1) is 19.5. The number of nitrogen functional groups attached to an aromatic ring is 1. The van der Waals surface area contributed by atoms with Gasteiger partial charge >= 0.3 is 0 Å². The molecule has 0 heterocycles. The van der Waals surface area contributed by atoms with Crippen molar-refractivity contribution in [2.24, 2.45) is 0 Å². The van der Waals surface area contributed by atoms with Gasteiger partial charge in [0.1, 0.15) is 0 Å². The van der Waals surface area contributed by atoms with Crippen LogP contribution in [0.3, 0.4) is 0 Å². The van der Waals surface area contributed by atoms with Crippen LogP contribution in [0.1, 0.15) is 34.3 Å². The predicted molar refractivity (Wildman–Crippen MR) is 121 cm³/mol. The molecule has 0 atom stereocenters. The second-order valence-corrected chi connectivity index (χ2v) is 7.34. The number of amides is 2. The smallest absolute Gasteiger partial charge is 0.255 e. The number of rotatable bonds is 6. The Morgan fingerprint density at radius 2 is 1.50 bits per heavy atom. The van der Waals surface area contributed by atoms with Crippen LogP contribution in [0, 0.1) is 0 Å². The summed E-state index contributed by atoms with van der Waals surface area (Å²) in [5.74, 6) is -0.316. The fraction of sp³-hybridized carbons (Fsp3) is 0.120.